The molecule has 2 aromatic rings. The van der Waals surface area contributed by atoms with Gasteiger partial charge in [-0.2, -0.15) is 0 Å². The van der Waals surface area contributed by atoms with E-state index in [9.17, 15) is 9.90 Å². The number of nitrogens with two attached hydrogens (primary N) is 1. The van der Waals surface area contributed by atoms with Crippen molar-refractivity contribution in [2.24, 2.45) is 5.73 Å². The number of carboxylic acid groups (broad SMARTS) is 1. The number of rotatable bonds is 5. The molecule has 0 aliphatic heterocycles. The minimum atomic E-state index is -0.880. The van der Waals surface area contributed by atoms with E-state index < -0.39 is 12.0 Å². The van der Waals surface area contributed by atoms with E-state index in [1.165, 1.54) is 0 Å². The van der Waals surface area contributed by atoms with Gasteiger partial charge in [-0.1, -0.05) is 31.3 Å². The summed E-state index contributed by atoms with van der Waals surface area (Å²) in [6.07, 6.45) is 0.772. The Morgan fingerprint density at radius 3 is 2.79 bits per heavy atom. The molecule has 6 heteroatoms. The highest BCUT2D eigenvalue weighted by molar-refractivity contribution is 7.80. The molecular formula is C13H15N3O2S. The van der Waals surface area contributed by atoms with Gasteiger partial charge in [0.15, 0.2) is 0 Å². The third kappa shape index (κ3) is 2.58. The summed E-state index contributed by atoms with van der Waals surface area (Å²) in [5.41, 5.74) is 7.12. The Morgan fingerprint density at radius 1 is 1.53 bits per heavy atom. The molecule has 0 amide bonds. The number of hydrogen-bond acceptors (Lipinski definition) is 3. The molecule has 1 aromatic heterocycles. The molecule has 5 nitrogen and oxygen atoms in total. The first-order valence-electron chi connectivity index (χ1n) is 6.01. The van der Waals surface area contributed by atoms with Crippen LogP contribution in [-0.4, -0.2) is 25.6 Å². The Balaban J connectivity index is 2.66. The van der Waals surface area contributed by atoms with Gasteiger partial charge >= 0.3 is 5.97 Å². The van der Waals surface area contributed by atoms with E-state index in [0.29, 0.717) is 23.7 Å². The van der Waals surface area contributed by atoms with E-state index in [0.717, 1.165) is 11.0 Å². The summed E-state index contributed by atoms with van der Waals surface area (Å²) in [5, 5.41) is 9.35. The molecule has 1 unspecified atom stereocenters. The summed E-state index contributed by atoms with van der Waals surface area (Å²) in [4.78, 5) is 16.1. The number of fused-ring (bicyclic) bond motifs is 1. The molecule has 0 aliphatic rings. The van der Waals surface area contributed by atoms with Gasteiger partial charge in [-0.25, -0.2) is 9.78 Å². The summed E-state index contributed by atoms with van der Waals surface area (Å²) in [6, 6.07) is 6.78. The Labute approximate surface area is 116 Å². The van der Waals surface area contributed by atoms with Gasteiger partial charge in [0.05, 0.1) is 22.4 Å². The molecule has 1 heterocycles. The first-order valence-corrected chi connectivity index (χ1v) is 6.42. The van der Waals surface area contributed by atoms with Crippen LogP contribution < -0.4 is 5.73 Å². The van der Waals surface area contributed by atoms with E-state index in [2.05, 4.69) is 4.98 Å². The van der Waals surface area contributed by atoms with E-state index in [-0.39, 0.29) is 0 Å². The van der Waals surface area contributed by atoms with Gasteiger partial charge in [0.25, 0.3) is 0 Å². The van der Waals surface area contributed by atoms with Crippen LogP contribution in [0.2, 0.25) is 0 Å². The van der Waals surface area contributed by atoms with Crippen molar-refractivity contribution in [3.63, 3.8) is 0 Å². The molecule has 1 atom stereocenters. The van der Waals surface area contributed by atoms with Crippen molar-refractivity contribution in [2.45, 2.75) is 25.8 Å². The summed E-state index contributed by atoms with van der Waals surface area (Å²) in [6.45, 7) is 1.83. The van der Waals surface area contributed by atoms with E-state index in [1.54, 1.807) is 4.57 Å². The average Bonchev–Trinajstić information content (AvgIpc) is 2.68. The number of aromatic nitrogens is 2. The lowest BCUT2D eigenvalue weighted by molar-refractivity contribution is -0.140. The SMILES string of the molecule is CCC(C(=O)O)n1c(CC(N)=S)nc2ccccc21. The zero-order valence-electron chi connectivity index (χ0n) is 10.5. The highest BCUT2D eigenvalue weighted by Gasteiger charge is 2.23. The number of para-hydroxylation sites is 2. The molecule has 0 saturated heterocycles. The van der Waals surface area contributed by atoms with Crippen molar-refractivity contribution >= 4 is 34.2 Å². The molecule has 100 valence electrons. The predicted octanol–water partition coefficient (Wildman–Crippen LogP) is 1.90. The Hall–Kier alpha value is -1.95. The lowest BCUT2D eigenvalue weighted by Gasteiger charge is -2.16. The number of carboxylic acids is 1. The second kappa shape index (κ2) is 5.36. The normalized spacial score (nSPS) is 12.5. The molecule has 19 heavy (non-hydrogen) atoms. The molecule has 0 fully saturated rings. The minimum Gasteiger partial charge on any atom is -0.480 e. The van der Waals surface area contributed by atoms with Gasteiger partial charge in [0.2, 0.25) is 0 Å². The van der Waals surface area contributed by atoms with Crippen LogP contribution in [0.25, 0.3) is 11.0 Å². The Bertz CT molecular complexity index is 636. The van der Waals surface area contributed by atoms with Crippen molar-refractivity contribution in [3.8, 4) is 0 Å². The molecule has 0 bridgehead atoms. The highest BCUT2D eigenvalue weighted by Crippen LogP contribution is 2.23. The fourth-order valence-corrected chi connectivity index (χ4v) is 2.32. The zero-order chi connectivity index (χ0) is 14.0. The number of imidazole rings is 1. The Morgan fingerprint density at radius 2 is 2.21 bits per heavy atom. The molecule has 2 rings (SSSR count). The van der Waals surface area contributed by atoms with Crippen LogP contribution in [0.5, 0.6) is 0 Å². The monoisotopic (exact) mass is 277 g/mol. The minimum absolute atomic E-state index is 0.299. The maximum Gasteiger partial charge on any atom is 0.326 e. The number of thiocarbonyl (C=S) groups is 1. The molecule has 0 aliphatic carbocycles. The summed E-state index contributed by atoms with van der Waals surface area (Å²) in [5.74, 6) is -0.280. The number of aliphatic carboxylic acids is 1. The predicted molar refractivity (Wildman–Crippen MR) is 77.2 cm³/mol. The van der Waals surface area contributed by atoms with Crippen molar-refractivity contribution < 1.29 is 9.90 Å². The van der Waals surface area contributed by atoms with E-state index in [4.69, 9.17) is 18.0 Å². The van der Waals surface area contributed by atoms with Crippen molar-refractivity contribution in [2.75, 3.05) is 0 Å². The largest absolute Gasteiger partial charge is 0.480 e. The molecule has 3 N–H and O–H groups in total. The second-order valence-electron chi connectivity index (χ2n) is 4.29. The van der Waals surface area contributed by atoms with E-state index >= 15 is 0 Å². The second-order valence-corrected chi connectivity index (χ2v) is 4.82. The fourth-order valence-electron chi connectivity index (χ4n) is 2.19. The van der Waals surface area contributed by atoms with Crippen LogP contribution in [-0.2, 0) is 11.2 Å². The number of benzene rings is 1. The zero-order valence-corrected chi connectivity index (χ0v) is 11.4. The Kier molecular flexibility index (Phi) is 3.80. The summed E-state index contributed by atoms with van der Waals surface area (Å²) in [7, 11) is 0. The van der Waals surface area contributed by atoms with Gasteiger partial charge in [0.1, 0.15) is 11.9 Å². The summed E-state index contributed by atoms with van der Waals surface area (Å²) < 4.78 is 1.72. The van der Waals surface area contributed by atoms with Gasteiger partial charge in [-0.15, -0.1) is 0 Å². The maximum absolute atomic E-state index is 11.4. The summed E-state index contributed by atoms with van der Waals surface area (Å²) >= 11 is 4.91. The van der Waals surface area contributed by atoms with Crippen LogP contribution in [0.1, 0.15) is 25.2 Å². The maximum atomic E-state index is 11.4. The fraction of sp³-hybridized carbons (Fsp3) is 0.308. The third-order valence-corrected chi connectivity index (χ3v) is 3.13. The van der Waals surface area contributed by atoms with Gasteiger partial charge in [-0.3, -0.25) is 0 Å². The van der Waals surface area contributed by atoms with Crippen LogP contribution >= 0.6 is 12.2 Å². The van der Waals surface area contributed by atoms with Crippen molar-refractivity contribution in [3.05, 3.63) is 30.1 Å². The first kappa shape index (κ1) is 13.5. The number of hydrogen-bond donors (Lipinski definition) is 2. The molecule has 0 spiro atoms. The standard InChI is InChI=1S/C13H15N3O2S/c1-2-9(13(17)18)16-10-6-4-3-5-8(10)15-12(16)7-11(14)19/h3-6,9H,2,7H2,1H3,(H2,14,19)(H,17,18). The van der Waals surface area contributed by atoms with Gasteiger partial charge < -0.3 is 15.4 Å². The van der Waals surface area contributed by atoms with Gasteiger partial charge in [-0.05, 0) is 18.6 Å². The highest BCUT2D eigenvalue weighted by atomic mass is 32.1. The molecule has 0 saturated carbocycles. The first-order chi connectivity index (χ1) is 9.04. The number of nitrogens with zero attached hydrogens (tertiary/aromatic N) is 2. The lowest BCUT2D eigenvalue weighted by atomic mass is 10.2. The number of carbonyl (C=O) groups is 1. The van der Waals surface area contributed by atoms with Crippen LogP contribution in [0.15, 0.2) is 24.3 Å². The quantitative estimate of drug-likeness (QED) is 0.816. The topological polar surface area (TPSA) is 81.1 Å². The lowest BCUT2D eigenvalue weighted by Crippen LogP contribution is -2.23. The van der Waals surface area contributed by atoms with E-state index in [1.807, 2.05) is 31.2 Å². The van der Waals surface area contributed by atoms with Crippen molar-refractivity contribution in [1.29, 1.82) is 0 Å². The molecule has 1 aromatic carbocycles. The average molecular weight is 277 g/mol. The smallest absolute Gasteiger partial charge is 0.326 e. The third-order valence-electron chi connectivity index (χ3n) is 2.98. The van der Waals surface area contributed by atoms with Crippen LogP contribution in [0.3, 0.4) is 0 Å². The molecular weight excluding hydrogens is 262 g/mol. The van der Waals surface area contributed by atoms with Crippen LogP contribution in [0, 0.1) is 0 Å². The van der Waals surface area contributed by atoms with Crippen LogP contribution in [0.4, 0.5) is 0 Å². The molecule has 0 radical (unpaired) electrons. The van der Waals surface area contributed by atoms with Crippen molar-refractivity contribution in [1.82, 2.24) is 9.55 Å². The van der Waals surface area contributed by atoms with Gasteiger partial charge in [0, 0.05) is 0 Å².